The van der Waals surface area contributed by atoms with Crippen LogP contribution < -0.4 is 15.5 Å². The molecular formula is C22H28FIN4O3S. The van der Waals surface area contributed by atoms with Crippen LogP contribution in [0.25, 0.3) is 0 Å². The third-order valence-electron chi connectivity index (χ3n) is 4.92. The van der Waals surface area contributed by atoms with E-state index in [2.05, 4.69) is 15.6 Å². The summed E-state index contributed by atoms with van der Waals surface area (Å²) in [5.74, 6) is -0.376. The molecule has 1 saturated heterocycles. The summed E-state index contributed by atoms with van der Waals surface area (Å²) in [5, 5.41) is 6.05. The molecule has 1 amide bonds. The second-order valence-electron chi connectivity index (χ2n) is 7.19. The summed E-state index contributed by atoms with van der Waals surface area (Å²) in [5.41, 5.74) is 1.85. The number of carbonyl (C=O) groups excluding carboxylic acids is 1. The zero-order valence-corrected chi connectivity index (χ0v) is 21.0. The molecule has 0 saturated carbocycles. The summed E-state index contributed by atoms with van der Waals surface area (Å²) < 4.78 is 38.5. The van der Waals surface area contributed by atoms with Gasteiger partial charge in [-0.25, -0.2) is 17.8 Å². The molecule has 3 rings (SSSR count). The molecule has 1 aliphatic rings. The summed E-state index contributed by atoms with van der Waals surface area (Å²) in [6, 6.07) is 13.0. The van der Waals surface area contributed by atoms with E-state index in [-0.39, 0.29) is 47.1 Å². The van der Waals surface area contributed by atoms with Crippen molar-refractivity contribution in [2.45, 2.75) is 31.2 Å². The number of amides is 1. The number of hydrogen-bond donors (Lipinski definition) is 2. The van der Waals surface area contributed by atoms with E-state index in [1.54, 1.807) is 4.90 Å². The lowest BCUT2D eigenvalue weighted by Gasteiger charge is -2.16. The van der Waals surface area contributed by atoms with E-state index in [9.17, 15) is 17.6 Å². The Balaban J connectivity index is 0.00000363. The lowest BCUT2D eigenvalue weighted by atomic mass is 10.2. The van der Waals surface area contributed by atoms with Crippen LogP contribution in [0, 0.1) is 5.82 Å². The molecule has 0 spiro atoms. The van der Waals surface area contributed by atoms with E-state index in [1.807, 2.05) is 31.2 Å². The SMILES string of the molecule is CCNC(=NCc1ccc(N2CCCC2=O)cc1)NCCS(=O)(=O)c1ccccc1F.I. The minimum Gasteiger partial charge on any atom is -0.357 e. The molecule has 1 heterocycles. The van der Waals surface area contributed by atoms with Gasteiger partial charge in [-0.15, -0.1) is 24.0 Å². The molecule has 0 bridgehead atoms. The van der Waals surface area contributed by atoms with Gasteiger partial charge in [-0.05, 0) is 43.2 Å². The minimum atomic E-state index is -3.74. The first-order chi connectivity index (χ1) is 14.9. The van der Waals surface area contributed by atoms with Crippen LogP contribution in [-0.4, -0.2) is 45.7 Å². The average Bonchev–Trinajstić information content (AvgIpc) is 3.18. The number of sulfone groups is 1. The van der Waals surface area contributed by atoms with Gasteiger partial charge in [-0.3, -0.25) is 4.79 Å². The lowest BCUT2D eigenvalue weighted by molar-refractivity contribution is -0.117. The quantitative estimate of drug-likeness (QED) is 0.288. The Bertz CT molecular complexity index is 1050. The van der Waals surface area contributed by atoms with Gasteiger partial charge in [-0.2, -0.15) is 0 Å². The fraction of sp³-hybridized carbons (Fsp3) is 0.364. The van der Waals surface area contributed by atoms with Gasteiger partial charge in [0, 0.05) is 31.7 Å². The van der Waals surface area contributed by atoms with E-state index in [4.69, 9.17) is 0 Å². The summed E-state index contributed by atoms with van der Waals surface area (Å²) in [6.07, 6.45) is 1.48. The number of nitrogens with one attached hydrogen (secondary N) is 2. The molecule has 10 heteroatoms. The Morgan fingerprint density at radius 2 is 1.84 bits per heavy atom. The fourth-order valence-electron chi connectivity index (χ4n) is 3.33. The van der Waals surface area contributed by atoms with E-state index < -0.39 is 15.7 Å². The number of nitrogens with zero attached hydrogens (tertiary/aromatic N) is 2. The van der Waals surface area contributed by atoms with Crippen LogP contribution in [0.5, 0.6) is 0 Å². The van der Waals surface area contributed by atoms with Gasteiger partial charge in [-0.1, -0.05) is 24.3 Å². The fourth-order valence-corrected chi connectivity index (χ4v) is 4.57. The zero-order valence-electron chi connectivity index (χ0n) is 17.9. The maximum absolute atomic E-state index is 13.8. The van der Waals surface area contributed by atoms with Crippen molar-refractivity contribution in [1.82, 2.24) is 10.6 Å². The van der Waals surface area contributed by atoms with Crippen molar-refractivity contribution in [2.24, 2.45) is 4.99 Å². The van der Waals surface area contributed by atoms with Crippen LogP contribution >= 0.6 is 24.0 Å². The summed E-state index contributed by atoms with van der Waals surface area (Å²) in [4.78, 5) is 17.8. The molecule has 0 atom stereocenters. The molecule has 2 N–H and O–H groups in total. The maximum Gasteiger partial charge on any atom is 0.227 e. The normalized spacial score (nSPS) is 14.2. The van der Waals surface area contributed by atoms with Crippen molar-refractivity contribution >= 4 is 51.4 Å². The van der Waals surface area contributed by atoms with Crippen molar-refractivity contribution < 1.29 is 17.6 Å². The van der Waals surface area contributed by atoms with Crippen molar-refractivity contribution in [3.8, 4) is 0 Å². The van der Waals surface area contributed by atoms with Crippen LogP contribution in [0.2, 0.25) is 0 Å². The number of aliphatic imine (C=N–C) groups is 1. The van der Waals surface area contributed by atoms with E-state index in [0.717, 1.165) is 30.3 Å². The standard InChI is InChI=1S/C22H27FN4O3S.HI/c1-2-24-22(25-13-15-31(29,30)20-7-4-3-6-19(20)23)26-16-17-9-11-18(12-10-17)27-14-5-8-21(27)28;/h3-4,6-7,9-12H,2,5,8,13-16H2,1H3,(H2,24,25,26);1H. The molecule has 0 unspecified atom stereocenters. The number of anilines is 1. The molecule has 1 fully saturated rings. The smallest absolute Gasteiger partial charge is 0.227 e. The number of hydrogen-bond acceptors (Lipinski definition) is 4. The van der Waals surface area contributed by atoms with Crippen LogP contribution in [-0.2, 0) is 21.2 Å². The monoisotopic (exact) mass is 574 g/mol. The first-order valence-electron chi connectivity index (χ1n) is 10.3. The Morgan fingerprint density at radius 3 is 2.47 bits per heavy atom. The lowest BCUT2D eigenvalue weighted by Crippen LogP contribution is -2.39. The summed E-state index contributed by atoms with van der Waals surface area (Å²) >= 11 is 0. The second kappa shape index (κ2) is 12.1. The van der Waals surface area contributed by atoms with Gasteiger partial charge < -0.3 is 15.5 Å². The highest BCUT2D eigenvalue weighted by Crippen LogP contribution is 2.21. The van der Waals surface area contributed by atoms with Gasteiger partial charge in [0.05, 0.1) is 12.3 Å². The third kappa shape index (κ3) is 6.89. The van der Waals surface area contributed by atoms with Crippen molar-refractivity contribution in [3.05, 3.63) is 59.9 Å². The Hall–Kier alpha value is -2.21. The van der Waals surface area contributed by atoms with Crippen LogP contribution in [0.3, 0.4) is 0 Å². The zero-order chi connectivity index (χ0) is 22.3. The molecule has 32 heavy (non-hydrogen) atoms. The molecule has 2 aromatic carbocycles. The van der Waals surface area contributed by atoms with Crippen molar-refractivity contribution in [1.29, 1.82) is 0 Å². The largest absolute Gasteiger partial charge is 0.357 e. The Labute approximate surface area is 205 Å². The van der Waals surface area contributed by atoms with Crippen LogP contribution in [0.15, 0.2) is 58.4 Å². The number of guanidine groups is 1. The Kier molecular flexibility index (Phi) is 9.88. The molecule has 0 aromatic heterocycles. The number of carbonyl (C=O) groups is 1. The van der Waals surface area contributed by atoms with Gasteiger partial charge in [0.15, 0.2) is 15.8 Å². The van der Waals surface area contributed by atoms with E-state index in [0.29, 0.717) is 25.5 Å². The highest BCUT2D eigenvalue weighted by Gasteiger charge is 2.21. The molecule has 0 aliphatic carbocycles. The molecule has 0 radical (unpaired) electrons. The van der Waals surface area contributed by atoms with Crippen LogP contribution in [0.1, 0.15) is 25.3 Å². The second-order valence-corrected chi connectivity index (χ2v) is 9.26. The number of halogens is 2. The molecule has 2 aromatic rings. The molecule has 174 valence electrons. The predicted octanol–water partition coefficient (Wildman–Crippen LogP) is 3.10. The highest BCUT2D eigenvalue weighted by molar-refractivity contribution is 14.0. The van der Waals surface area contributed by atoms with Gasteiger partial charge >= 0.3 is 0 Å². The van der Waals surface area contributed by atoms with Gasteiger partial charge in [0.1, 0.15) is 10.7 Å². The van der Waals surface area contributed by atoms with E-state index in [1.165, 1.54) is 18.2 Å². The first kappa shape index (κ1) is 26.0. The number of rotatable bonds is 8. The Morgan fingerprint density at radius 1 is 1.12 bits per heavy atom. The topological polar surface area (TPSA) is 90.9 Å². The average molecular weight is 574 g/mol. The minimum absolute atomic E-state index is 0. The summed E-state index contributed by atoms with van der Waals surface area (Å²) in [6.45, 7) is 3.76. The maximum atomic E-state index is 13.8. The van der Waals surface area contributed by atoms with Crippen molar-refractivity contribution in [2.75, 3.05) is 30.3 Å². The summed E-state index contributed by atoms with van der Waals surface area (Å²) in [7, 11) is -3.74. The van der Waals surface area contributed by atoms with Crippen LogP contribution in [0.4, 0.5) is 10.1 Å². The van der Waals surface area contributed by atoms with Gasteiger partial charge in [0.2, 0.25) is 5.91 Å². The first-order valence-corrected chi connectivity index (χ1v) is 11.9. The highest BCUT2D eigenvalue weighted by atomic mass is 127. The van der Waals surface area contributed by atoms with Crippen molar-refractivity contribution in [3.63, 3.8) is 0 Å². The van der Waals surface area contributed by atoms with Gasteiger partial charge in [0.25, 0.3) is 0 Å². The molecule has 7 nitrogen and oxygen atoms in total. The van der Waals surface area contributed by atoms with E-state index >= 15 is 0 Å². The third-order valence-corrected chi connectivity index (χ3v) is 6.66. The molecular weight excluding hydrogens is 546 g/mol. The number of benzene rings is 2. The molecule has 1 aliphatic heterocycles. The predicted molar refractivity (Wildman–Crippen MR) is 135 cm³/mol.